The summed E-state index contributed by atoms with van der Waals surface area (Å²) in [5.41, 5.74) is 0.0856. The first-order chi connectivity index (χ1) is 4.20. The first kappa shape index (κ1) is 6.68. The second-order valence-electron chi connectivity index (χ2n) is 2.17. The van der Waals surface area contributed by atoms with Crippen LogP contribution < -0.4 is 0 Å². The van der Waals surface area contributed by atoms with Crippen LogP contribution in [0.15, 0.2) is 11.6 Å². The molecule has 0 heterocycles. The largest absolute Gasteiger partial charge is 0.392 e. The van der Waals surface area contributed by atoms with Crippen molar-refractivity contribution in [1.29, 1.82) is 0 Å². The second kappa shape index (κ2) is 2.43. The van der Waals surface area contributed by atoms with Crippen molar-refractivity contribution in [1.82, 2.24) is 0 Å². The Hall–Kier alpha value is -0.440. The number of halogens is 2. The number of aliphatic hydroxyl groups excluding tert-OH is 1. The van der Waals surface area contributed by atoms with Gasteiger partial charge in [0, 0.05) is 6.42 Å². The second-order valence-corrected chi connectivity index (χ2v) is 2.17. The first-order valence-corrected chi connectivity index (χ1v) is 2.85. The maximum absolute atomic E-state index is 11.7. The molecule has 0 bridgehead atoms. The Labute approximate surface area is 52.0 Å². The minimum atomic E-state index is -2.37. The number of alkyl halides is 2. The van der Waals surface area contributed by atoms with Gasteiger partial charge in [0.15, 0.2) is 0 Å². The molecule has 3 heteroatoms. The third kappa shape index (κ3) is 1.48. The summed E-state index contributed by atoms with van der Waals surface area (Å²) in [4.78, 5) is 0. The quantitative estimate of drug-likeness (QED) is 0.536. The summed E-state index contributed by atoms with van der Waals surface area (Å²) in [5, 5.41) is 8.76. The molecule has 1 atom stereocenters. The summed E-state index contributed by atoms with van der Waals surface area (Å²) >= 11 is 0. The number of hydrogen-bond donors (Lipinski definition) is 1. The molecular weight excluding hydrogens is 126 g/mol. The lowest BCUT2D eigenvalue weighted by Gasteiger charge is -1.99. The summed E-state index contributed by atoms with van der Waals surface area (Å²) in [7, 11) is 0. The van der Waals surface area contributed by atoms with Crippen LogP contribution in [0.5, 0.6) is 0 Å². The molecule has 0 saturated heterocycles. The van der Waals surface area contributed by atoms with Crippen molar-refractivity contribution in [2.45, 2.75) is 25.4 Å². The van der Waals surface area contributed by atoms with Gasteiger partial charge in [-0.15, -0.1) is 0 Å². The smallest absolute Gasteiger partial charge is 0.260 e. The van der Waals surface area contributed by atoms with E-state index in [1.165, 1.54) is 6.08 Å². The summed E-state index contributed by atoms with van der Waals surface area (Å²) in [6.07, 6.45) is -0.983. The van der Waals surface area contributed by atoms with Gasteiger partial charge in [0.25, 0.3) is 6.43 Å². The molecular formula is C6H8F2O. The van der Waals surface area contributed by atoms with Gasteiger partial charge in [-0.05, 0) is 12.0 Å². The summed E-state index contributed by atoms with van der Waals surface area (Å²) in [5.74, 6) is 0. The molecule has 1 aliphatic rings. The Kier molecular flexibility index (Phi) is 1.81. The molecule has 0 amide bonds. The molecule has 0 spiro atoms. The summed E-state index contributed by atoms with van der Waals surface area (Å²) < 4.78 is 23.5. The highest BCUT2D eigenvalue weighted by atomic mass is 19.3. The van der Waals surface area contributed by atoms with Gasteiger partial charge in [-0.1, -0.05) is 6.08 Å². The summed E-state index contributed by atoms with van der Waals surface area (Å²) in [6, 6.07) is 0. The van der Waals surface area contributed by atoms with Crippen LogP contribution in [0.1, 0.15) is 12.8 Å². The zero-order valence-electron chi connectivity index (χ0n) is 4.85. The normalized spacial score (nSPS) is 27.1. The third-order valence-corrected chi connectivity index (χ3v) is 1.40. The molecule has 1 N–H and O–H groups in total. The molecule has 52 valence electrons. The molecule has 1 rings (SSSR count). The van der Waals surface area contributed by atoms with Crippen LogP contribution >= 0.6 is 0 Å². The van der Waals surface area contributed by atoms with E-state index in [2.05, 4.69) is 0 Å². The van der Waals surface area contributed by atoms with Crippen molar-refractivity contribution in [3.63, 3.8) is 0 Å². The van der Waals surface area contributed by atoms with Crippen LogP contribution in [0.2, 0.25) is 0 Å². The standard InChI is InChI=1S/C6H8F2O/c7-6(8)4-1-2-5(9)3-4/h1,5-6,9H,2-3H2. The molecule has 0 aromatic carbocycles. The molecule has 1 nitrogen and oxygen atoms in total. The monoisotopic (exact) mass is 134 g/mol. The van der Waals surface area contributed by atoms with E-state index in [1.54, 1.807) is 0 Å². The number of hydrogen-bond acceptors (Lipinski definition) is 1. The molecule has 0 aromatic heterocycles. The van der Waals surface area contributed by atoms with Crippen LogP contribution in [0.4, 0.5) is 8.78 Å². The average molecular weight is 134 g/mol. The van der Waals surface area contributed by atoms with E-state index < -0.39 is 12.5 Å². The molecule has 0 radical (unpaired) electrons. The zero-order valence-corrected chi connectivity index (χ0v) is 4.85. The minimum absolute atomic E-state index is 0.0856. The van der Waals surface area contributed by atoms with Crippen molar-refractivity contribution >= 4 is 0 Å². The fourth-order valence-electron chi connectivity index (χ4n) is 0.904. The van der Waals surface area contributed by atoms with Gasteiger partial charge in [0.05, 0.1) is 6.10 Å². The van der Waals surface area contributed by atoms with Crippen molar-refractivity contribution < 1.29 is 13.9 Å². The van der Waals surface area contributed by atoms with Crippen LogP contribution in [-0.4, -0.2) is 17.6 Å². The van der Waals surface area contributed by atoms with E-state index in [0.29, 0.717) is 6.42 Å². The highest BCUT2D eigenvalue weighted by Crippen LogP contribution is 2.23. The molecule has 9 heavy (non-hydrogen) atoms. The highest BCUT2D eigenvalue weighted by molar-refractivity contribution is 5.12. The molecule has 0 saturated carbocycles. The van der Waals surface area contributed by atoms with Gasteiger partial charge >= 0.3 is 0 Å². The highest BCUT2D eigenvalue weighted by Gasteiger charge is 2.20. The van der Waals surface area contributed by atoms with E-state index in [4.69, 9.17) is 5.11 Å². The minimum Gasteiger partial charge on any atom is -0.392 e. The Bertz CT molecular complexity index is 131. The summed E-state index contributed by atoms with van der Waals surface area (Å²) in [6.45, 7) is 0. The van der Waals surface area contributed by atoms with E-state index in [9.17, 15) is 8.78 Å². The van der Waals surface area contributed by atoms with E-state index >= 15 is 0 Å². The topological polar surface area (TPSA) is 20.2 Å². The van der Waals surface area contributed by atoms with Crippen LogP contribution in [0.3, 0.4) is 0 Å². The lowest BCUT2D eigenvalue weighted by atomic mass is 10.2. The number of rotatable bonds is 1. The van der Waals surface area contributed by atoms with Gasteiger partial charge in [0.1, 0.15) is 0 Å². The maximum Gasteiger partial charge on any atom is 0.260 e. The Morgan fingerprint density at radius 2 is 2.33 bits per heavy atom. The Balaban J connectivity index is 2.45. The molecule has 1 aliphatic carbocycles. The Morgan fingerprint density at radius 3 is 2.56 bits per heavy atom. The SMILES string of the molecule is OC1CC=C(C(F)F)C1. The molecule has 1 unspecified atom stereocenters. The predicted octanol–water partition coefficient (Wildman–Crippen LogP) is 1.33. The maximum atomic E-state index is 11.7. The van der Waals surface area contributed by atoms with Gasteiger partial charge in [0.2, 0.25) is 0 Å². The van der Waals surface area contributed by atoms with Crippen LogP contribution in [0, 0.1) is 0 Å². The van der Waals surface area contributed by atoms with Gasteiger partial charge in [-0.2, -0.15) is 0 Å². The lowest BCUT2D eigenvalue weighted by Crippen LogP contribution is -2.02. The molecule has 0 aliphatic heterocycles. The average Bonchev–Trinajstić information content (AvgIpc) is 2.14. The van der Waals surface area contributed by atoms with Crippen LogP contribution in [0.25, 0.3) is 0 Å². The van der Waals surface area contributed by atoms with Crippen molar-refractivity contribution in [2.24, 2.45) is 0 Å². The molecule has 0 aromatic rings. The van der Waals surface area contributed by atoms with E-state index in [1.807, 2.05) is 0 Å². The Morgan fingerprint density at radius 1 is 1.67 bits per heavy atom. The van der Waals surface area contributed by atoms with E-state index in [-0.39, 0.29) is 12.0 Å². The van der Waals surface area contributed by atoms with Crippen molar-refractivity contribution in [3.05, 3.63) is 11.6 Å². The predicted molar refractivity (Wildman–Crippen MR) is 29.3 cm³/mol. The van der Waals surface area contributed by atoms with Gasteiger partial charge < -0.3 is 5.11 Å². The van der Waals surface area contributed by atoms with Gasteiger partial charge in [-0.25, -0.2) is 8.78 Å². The molecule has 0 fully saturated rings. The van der Waals surface area contributed by atoms with Crippen LogP contribution in [-0.2, 0) is 0 Å². The fraction of sp³-hybridized carbons (Fsp3) is 0.667. The van der Waals surface area contributed by atoms with Crippen molar-refractivity contribution in [2.75, 3.05) is 0 Å². The lowest BCUT2D eigenvalue weighted by molar-refractivity contribution is 0.157. The fourth-order valence-corrected chi connectivity index (χ4v) is 0.904. The zero-order chi connectivity index (χ0) is 6.85. The first-order valence-electron chi connectivity index (χ1n) is 2.85. The number of aliphatic hydroxyl groups is 1. The van der Waals surface area contributed by atoms with Crippen molar-refractivity contribution in [3.8, 4) is 0 Å². The third-order valence-electron chi connectivity index (χ3n) is 1.40. The van der Waals surface area contributed by atoms with Gasteiger partial charge in [-0.3, -0.25) is 0 Å². The van der Waals surface area contributed by atoms with E-state index in [0.717, 1.165) is 0 Å².